The van der Waals surface area contributed by atoms with Crippen LogP contribution in [0, 0.1) is 6.92 Å². The Hall–Kier alpha value is -1.57. The molecule has 0 aliphatic rings. The second kappa shape index (κ2) is 2.48. The van der Waals surface area contributed by atoms with Gasteiger partial charge in [-0.1, -0.05) is 18.2 Å². The lowest BCUT2D eigenvalue weighted by Crippen LogP contribution is -1.82. The Bertz CT molecular complexity index is 423. The topological polar surface area (TPSA) is 33.1 Å². The fourth-order valence-electron chi connectivity index (χ4n) is 1.19. The van der Waals surface area contributed by atoms with Gasteiger partial charge in [0.2, 0.25) is 0 Å². The number of nitrogens with zero attached hydrogens (tertiary/aromatic N) is 1. The first-order valence-electron chi connectivity index (χ1n) is 3.67. The van der Waals surface area contributed by atoms with Gasteiger partial charge in [-0.15, -0.1) is 0 Å². The van der Waals surface area contributed by atoms with Crippen molar-refractivity contribution >= 4 is 10.9 Å². The maximum Gasteiger partial charge on any atom is 0.137 e. The van der Waals surface area contributed by atoms with E-state index >= 15 is 0 Å². The summed E-state index contributed by atoms with van der Waals surface area (Å²) in [7, 11) is 0. The molecule has 1 radical (unpaired) electrons. The van der Waals surface area contributed by atoms with Crippen molar-refractivity contribution in [2.45, 2.75) is 0 Å². The summed E-state index contributed by atoms with van der Waals surface area (Å²) in [5, 5.41) is 10.2. The van der Waals surface area contributed by atoms with Gasteiger partial charge in [0.05, 0.1) is 11.7 Å². The molecule has 0 aliphatic heterocycles. The fraction of sp³-hybridized carbons (Fsp3) is 0. The Morgan fingerprint density at radius 2 is 2.00 bits per heavy atom. The number of benzene rings is 1. The summed E-state index contributed by atoms with van der Waals surface area (Å²) >= 11 is 0. The Labute approximate surface area is 70.5 Å². The van der Waals surface area contributed by atoms with Crippen LogP contribution in [0.4, 0.5) is 0 Å². The van der Waals surface area contributed by atoms with Crippen molar-refractivity contribution in [3.05, 3.63) is 42.9 Å². The predicted octanol–water partition coefficient (Wildman–Crippen LogP) is 2.12. The third-order valence-corrected chi connectivity index (χ3v) is 1.86. The third-order valence-electron chi connectivity index (χ3n) is 1.86. The molecule has 1 aromatic carbocycles. The van der Waals surface area contributed by atoms with Crippen LogP contribution < -0.4 is 0 Å². The summed E-state index contributed by atoms with van der Waals surface area (Å²) in [5.74, 6) is 0.147. The summed E-state index contributed by atoms with van der Waals surface area (Å²) in [4.78, 5) is 4.05. The van der Waals surface area contributed by atoms with E-state index in [2.05, 4.69) is 11.9 Å². The predicted molar refractivity (Wildman–Crippen MR) is 47.9 cm³/mol. The van der Waals surface area contributed by atoms with Gasteiger partial charge in [0.1, 0.15) is 5.75 Å². The number of pyridine rings is 1. The number of fused-ring (bicyclic) bond motifs is 1. The molecule has 1 N–H and O–H groups in total. The molecule has 0 amide bonds. The summed E-state index contributed by atoms with van der Waals surface area (Å²) in [6, 6.07) is 7.60. The maximum absolute atomic E-state index is 9.29. The van der Waals surface area contributed by atoms with Gasteiger partial charge in [-0.2, -0.15) is 0 Å². The monoisotopic (exact) mass is 158 g/mol. The number of aromatic hydroxyl groups is 1. The van der Waals surface area contributed by atoms with E-state index in [9.17, 15) is 5.11 Å². The molecule has 0 fully saturated rings. The number of para-hydroxylation sites is 1. The molecule has 0 bridgehead atoms. The SMILES string of the molecule is [CH2]c1c(O)cnc2ccccc12. The van der Waals surface area contributed by atoms with Crippen LogP contribution in [0.1, 0.15) is 5.56 Å². The molecule has 2 rings (SSSR count). The van der Waals surface area contributed by atoms with Crippen LogP contribution in [0.25, 0.3) is 10.9 Å². The van der Waals surface area contributed by atoms with E-state index in [1.807, 2.05) is 24.3 Å². The first-order chi connectivity index (χ1) is 5.79. The van der Waals surface area contributed by atoms with Crippen LogP contribution >= 0.6 is 0 Å². The van der Waals surface area contributed by atoms with Gasteiger partial charge >= 0.3 is 0 Å². The molecule has 1 heterocycles. The molecule has 2 aromatic rings. The molecule has 2 nitrogen and oxygen atoms in total. The smallest absolute Gasteiger partial charge is 0.137 e. The fourth-order valence-corrected chi connectivity index (χ4v) is 1.19. The molecular weight excluding hydrogens is 150 g/mol. The highest BCUT2D eigenvalue weighted by Crippen LogP contribution is 2.22. The molecule has 1 aromatic heterocycles. The molecule has 12 heavy (non-hydrogen) atoms. The second-order valence-corrected chi connectivity index (χ2v) is 2.64. The highest BCUT2D eigenvalue weighted by Gasteiger charge is 2.01. The first kappa shape index (κ1) is 7.10. The van der Waals surface area contributed by atoms with Crippen molar-refractivity contribution in [2.75, 3.05) is 0 Å². The Morgan fingerprint density at radius 1 is 1.25 bits per heavy atom. The summed E-state index contributed by atoms with van der Waals surface area (Å²) < 4.78 is 0. The Kier molecular flexibility index (Phi) is 1.47. The molecular formula is C10H8NO. The van der Waals surface area contributed by atoms with Crippen molar-refractivity contribution < 1.29 is 5.11 Å². The zero-order chi connectivity index (χ0) is 8.55. The van der Waals surface area contributed by atoms with E-state index in [4.69, 9.17) is 0 Å². The number of rotatable bonds is 0. The van der Waals surface area contributed by atoms with Gasteiger partial charge in [-0.25, -0.2) is 0 Å². The van der Waals surface area contributed by atoms with Crippen molar-refractivity contribution in [3.63, 3.8) is 0 Å². The minimum absolute atomic E-state index is 0.147. The molecule has 0 saturated carbocycles. The van der Waals surface area contributed by atoms with Crippen LogP contribution in [0.2, 0.25) is 0 Å². The zero-order valence-corrected chi connectivity index (χ0v) is 6.49. The maximum atomic E-state index is 9.29. The molecule has 0 aliphatic carbocycles. The van der Waals surface area contributed by atoms with E-state index in [0.717, 1.165) is 10.9 Å². The quantitative estimate of drug-likeness (QED) is 0.637. The van der Waals surface area contributed by atoms with E-state index in [-0.39, 0.29) is 5.75 Å². The lowest BCUT2D eigenvalue weighted by molar-refractivity contribution is 0.471. The van der Waals surface area contributed by atoms with Crippen LogP contribution in [0.15, 0.2) is 30.5 Å². The standard InChI is InChI=1S/C10H8NO/c1-7-8-4-2-3-5-9(8)11-6-10(7)12/h2-6,12H,1H2. The van der Waals surface area contributed by atoms with E-state index in [1.165, 1.54) is 6.20 Å². The summed E-state index contributed by atoms with van der Waals surface area (Å²) in [6.45, 7) is 3.76. The van der Waals surface area contributed by atoms with E-state index in [1.54, 1.807) is 0 Å². The first-order valence-corrected chi connectivity index (χ1v) is 3.67. The average molecular weight is 158 g/mol. The van der Waals surface area contributed by atoms with Crippen LogP contribution in [-0.4, -0.2) is 10.1 Å². The van der Waals surface area contributed by atoms with E-state index in [0.29, 0.717) is 5.56 Å². The van der Waals surface area contributed by atoms with Gasteiger partial charge in [0.15, 0.2) is 0 Å². The summed E-state index contributed by atoms with van der Waals surface area (Å²) in [6.07, 6.45) is 1.42. The lowest BCUT2D eigenvalue weighted by Gasteiger charge is -2.01. The molecule has 2 heteroatoms. The molecule has 59 valence electrons. The van der Waals surface area contributed by atoms with Crippen LogP contribution in [0.3, 0.4) is 0 Å². The average Bonchev–Trinajstić information content (AvgIpc) is 2.12. The van der Waals surface area contributed by atoms with Crippen molar-refractivity contribution in [1.82, 2.24) is 4.98 Å². The minimum atomic E-state index is 0.147. The zero-order valence-electron chi connectivity index (χ0n) is 6.49. The third kappa shape index (κ3) is 0.925. The van der Waals surface area contributed by atoms with Gasteiger partial charge in [-0.3, -0.25) is 4.98 Å². The van der Waals surface area contributed by atoms with E-state index < -0.39 is 0 Å². The van der Waals surface area contributed by atoms with Crippen LogP contribution in [-0.2, 0) is 0 Å². The van der Waals surface area contributed by atoms with Gasteiger partial charge in [0.25, 0.3) is 0 Å². The van der Waals surface area contributed by atoms with Crippen molar-refractivity contribution in [1.29, 1.82) is 0 Å². The molecule has 0 unspecified atom stereocenters. The Morgan fingerprint density at radius 3 is 2.83 bits per heavy atom. The largest absolute Gasteiger partial charge is 0.506 e. The normalized spacial score (nSPS) is 10.4. The highest BCUT2D eigenvalue weighted by atomic mass is 16.3. The number of hydrogen-bond donors (Lipinski definition) is 1. The van der Waals surface area contributed by atoms with Crippen molar-refractivity contribution in [3.8, 4) is 5.75 Å². The lowest BCUT2D eigenvalue weighted by atomic mass is 10.1. The molecule has 0 spiro atoms. The van der Waals surface area contributed by atoms with Gasteiger partial charge < -0.3 is 5.11 Å². The summed E-state index contributed by atoms with van der Waals surface area (Å²) in [5.41, 5.74) is 1.50. The van der Waals surface area contributed by atoms with Crippen molar-refractivity contribution in [2.24, 2.45) is 0 Å². The van der Waals surface area contributed by atoms with Crippen LogP contribution in [0.5, 0.6) is 5.75 Å². The van der Waals surface area contributed by atoms with Gasteiger partial charge in [0, 0.05) is 10.9 Å². The minimum Gasteiger partial charge on any atom is -0.506 e. The number of aromatic nitrogens is 1. The Balaban J connectivity index is 2.91. The molecule has 0 saturated heterocycles. The highest BCUT2D eigenvalue weighted by molar-refractivity contribution is 5.84. The second-order valence-electron chi connectivity index (χ2n) is 2.64. The van der Waals surface area contributed by atoms with Gasteiger partial charge in [-0.05, 0) is 13.0 Å². The number of hydrogen-bond acceptors (Lipinski definition) is 2. The molecule has 0 atom stereocenters.